The molecule has 0 saturated carbocycles. The van der Waals surface area contributed by atoms with Gasteiger partial charge in [-0.15, -0.1) is 0 Å². The summed E-state index contributed by atoms with van der Waals surface area (Å²) in [5.74, 6) is -0.810. The first kappa shape index (κ1) is 15.2. The molecule has 0 radical (unpaired) electrons. The Kier molecular flexibility index (Phi) is 6.63. The molecular formula is C13H19NO3. The maximum Gasteiger partial charge on any atom is 0.328 e. The van der Waals surface area contributed by atoms with Crippen LogP contribution in [0.3, 0.4) is 0 Å². The predicted molar refractivity (Wildman–Crippen MR) is 67.3 cm³/mol. The van der Waals surface area contributed by atoms with Crippen molar-refractivity contribution in [2.24, 2.45) is 0 Å². The molecule has 0 aliphatic rings. The van der Waals surface area contributed by atoms with Crippen LogP contribution in [0.2, 0.25) is 0 Å². The number of carbonyl (C=O) groups excluding carboxylic acids is 2. The lowest BCUT2D eigenvalue weighted by molar-refractivity contribution is -0.144. The number of allylic oxidation sites excluding steroid dienone is 2. The summed E-state index contributed by atoms with van der Waals surface area (Å²) in [4.78, 5) is 23.2. The Balaban J connectivity index is 4.89. The smallest absolute Gasteiger partial charge is 0.328 e. The standard InChI is InChI=1S/C13H19NO3/c1-6-9(4)10(7-2)12(15)14-11(8-3)13(16)17-5/h6-7,11H,1-2,8H2,3-5H3,(H,14,15)/b10-9+. The van der Waals surface area contributed by atoms with E-state index in [1.807, 2.05) is 0 Å². The lowest BCUT2D eigenvalue weighted by Crippen LogP contribution is -2.41. The molecular weight excluding hydrogens is 218 g/mol. The number of carbonyl (C=O) groups is 2. The van der Waals surface area contributed by atoms with Gasteiger partial charge in [0.15, 0.2) is 0 Å². The molecule has 0 aromatic carbocycles. The summed E-state index contributed by atoms with van der Waals surface area (Å²) < 4.78 is 4.59. The maximum absolute atomic E-state index is 11.9. The zero-order valence-corrected chi connectivity index (χ0v) is 10.6. The molecule has 4 heteroatoms. The molecule has 0 aromatic heterocycles. The van der Waals surface area contributed by atoms with E-state index in [9.17, 15) is 9.59 Å². The van der Waals surface area contributed by atoms with E-state index in [4.69, 9.17) is 0 Å². The minimum atomic E-state index is -0.639. The van der Waals surface area contributed by atoms with E-state index in [2.05, 4.69) is 23.2 Å². The molecule has 0 bridgehead atoms. The molecule has 0 aliphatic heterocycles. The number of ether oxygens (including phenoxy) is 1. The lowest BCUT2D eigenvalue weighted by Gasteiger charge is -2.15. The van der Waals surface area contributed by atoms with Crippen LogP contribution >= 0.6 is 0 Å². The molecule has 4 nitrogen and oxygen atoms in total. The van der Waals surface area contributed by atoms with E-state index in [-0.39, 0.29) is 5.91 Å². The molecule has 0 aliphatic carbocycles. The summed E-state index contributed by atoms with van der Waals surface area (Å²) >= 11 is 0. The molecule has 1 unspecified atom stereocenters. The number of rotatable bonds is 6. The molecule has 17 heavy (non-hydrogen) atoms. The Morgan fingerprint density at radius 1 is 1.35 bits per heavy atom. The Bertz CT molecular complexity index is 356. The third kappa shape index (κ3) is 4.26. The molecule has 1 amide bonds. The van der Waals surface area contributed by atoms with Crippen molar-refractivity contribution >= 4 is 11.9 Å². The zero-order chi connectivity index (χ0) is 13.4. The first-order valence-corrected chi connectivity index (χ1v) is 5.36. The van der Waals surface area contributed by atoms with Gasteiger partial charge in [-0.2, -0.15) is 0 Å². The summed E-state index contributed by atoms with van der Waals surface area (Å²) in [5, 5.41) is 2.59. The second-order valence-corrected chi connectivity index (χ2v) is 3.46. The van der Waals surface area contributed by atoms with Crippen LogP contribution in [0.4, 0.5) is 0 Å². The minimum Gasteiger partial charge on any atom is -0.467 e. The maximum atomic E-state index is 11.9. The number of nitrogens with one attached hydrogen (secondary N) is 1. The third-order valence-corrected chi connectivity index (χ3v) is 2.38. The number of amides is 1. The van der Waals surface area contributed by atoms with E-state index >= 15 is 0 Å². The fourth-order valence-corrected chi connectivity index (χ4v) is 1.25. The quantitative estimate of drug-likeness (QED) is 0.435. The fraction of sp³-hybridized carbons (Fsp3) is 0.385. The van der Waals surface area contributed by atoms with Crippen molar-refractivity contribution in [1.29, 1.82) is 0 Å². The summed E-state index contributed by atoms with van der Waals surface area (Å²) in [5.41, 5.74) is 1.11. The largest absolute Gasteiger partial charge is 0.467 e. The number of hydrogen-bond donors (Lipinski definition) is 1. The molecule has 1 N–H and O–H groups in total. The van der Waals surface area contributed by atoms with Crippen molar-refractivity contribution < 1.29 is 14.3 Å². The van der Waals surface area contributed by atoms with Crippen molar-refractivity contribution in [3.63, 3.8) is 0 Å². The highest BCUT2D eigenvalue weighted by atomic mass is 16.5. The van der Waals surface area contributed by atoms with Crippen molar-refractivity contribution in [3.05, 3.63) is 36.5 Å². The van der Waals surface area contributed by atoms with E-state index in [0.29, 0.717) is 17.6 Å². The summed E-state index contributed by atoms with van der Waals surface area (Å²) in [6, 6.07) is -0.639. The third-order valence-electron chi connectivity index (χ3n) is 2.38. The molecule has 1 atom stereocenters. The topological polar surface area (TPSA) is 55.4 Å². The van der Waals surface area contributed by atoms with Gasteiger partial charge in [-0.1, -0.05) is 32.2 Å². The summed E-state index contributed by atoms with van der Waals surface area (Å²) in [6.45, 7) is 10.7. The van der Waals surface area contributed by atoms with Gasteiger partial charge < -0.3 is 10.1 Å². The monoisotopic (exact) mass is 237 g/mol. The van der Waals surface area contributed by atoms with Gasteiger partial charge in [0, 0.05) is 5.57 Å². The van der Waals surface area contributed by atoms with Gasteiger partial charge in [-0.05, 0) is 18.9 Å². The van der Waals surface area contributed by atoms with Crippen LogP contribution in [0.25, 0.3) is 0 Å². The Labute approximate surface area is 102 Å². The average Bonchev–Trinajstić information content (AvgIpc) is 2.35. The van der Waals surface area contributed by atoms with Gasteiger partial charge in [0.2, 0.25) is 0 Å². The van der Waals surface area contributed by atoms with Crippen molar-refractivity contribution in [2.45, 2.75) is 26.3 Å². The van der Waals surface area contributed by atoms with Gasteiger partial charge >= 0.3 is 5.97 Å². The fourth-order valence-electron chi connectivity index (χ4n) is 1.25. The van der Waals surface area contributed by atoms with Gasteiger partial charge in [0.05, 0.1) is 7.11 Å². The minimum absolute atomic E-state index is 0.352. The van der Waals surface area contributed by atoms with Crippen LogP contribution in [-0.4, -0.2) is 25.0 Å². The highest BCUT2D eigenvalue weighted by Crippen LogP contribution is 2.07. The first-order valence-electron chi connectivity index (χ1n) is 5.36. The number of methoxy groups -OCH3 is 1. The first-order chi connectivity index (χ1) is 8.01. The van der Waals surface area contributed by atoms with Gasteiger partial charge in [0.25, 0.3) is 5.91 Å². The average molecular weight is 237 g/mol. The lowest BCUT2D eigenvalue weighted by atomic mass is 10.1. The Hall–Kier alpha value is -1.84. The van der Waals surface area contributed by atoms with Gasteiger partial charge in [-0.3, -0.25) is 4.79 Å². The van der Waals surface area contributed by atoms with E-state index < -0.39 is 12.0 Å². The molecule has 94 valence electrons. The van der Waals surface area contributed by atoms with Crippen LogP contribution in [0.1, 0.15) is 20.3 Å². The second kappa shape index (κ2) is 7.44. The Morgan fingerprint density at radius 3 is 2.29 bits per heavy atom. The molecule has 0 saturated heterocycles. The number of esters is 1. The van der Waals surface area contributed by atoms with Gasteiger partial charge in [0.1, 0.15) is 6.04 Å². The molecule has 0 heterocycles. The highest BCUT2D eigenvalue weighted by Gasteiger charge is 2.20. The predicted octanol–water partition coefficient (Wildman–Crippen LogP) is 1.74. The van der Waals surface area contributed by atoms with Crippen LogP contribution in [0, 0.1) is 0 Å². The molecule has 0 aromatic rings. The van der Waals surface area contributed by atoms with Crippen LogP contribution < -0.4 is 5.32 Å². The Morgan fingerprint density at radius 2 is 1.94 bits per heavy atom. The summed E-state index contributed by atoms with van der Waals surface area (Å²) in [6.07, 6.45) is 3.47. The molecule has 0 rings (SSSR count). The van der Waals surface area contributed by atoms with E-state index in [1.165, 1.54) is 13.2 Å². The molecule has 0 spiro atoms. The second-order valence-electron chi connectivity index (χ2n) is 3.46. The normalized spacial score (nSPS) is 13.1. The zero-order valence-electron chi connectivity index (χ0n) is 10.6. The van der Waals surface area contributed by atoms with Crippen LogP contribution in [-0.2, 0) is 14.3 Å². The highest BCUT2D eigenvalue weighted by molar-refractivity contribution is 5.99. The van der Waals surface area contributed by atoms with E-state index in [1.54, 1.807) is 19.9 Å². The van der Waals surface area contributed by atoms with Gasteiger partial charge in [-0.25, -0.2) is 4.79 Å². The van der Waals surface area contributed by atoms with Crippen molar-refractivity contribution in [3.8, 4) is 0 Å². The summed E-state index contributed by atoms with van der Waals surface area (Å²) in [7, 11) is 1.29. The number of hydrogen-bond acceptors (Lipinski definition) is 3. The van der Waals surface area contributed by atoms with Crippen molar-refractivity contribution in [1.82, 2.24) is 5.32 Å². The molecule has 0 fully saturated rings. The van der Waals surface area contributed by atoms with E-state index in [0.717, 1.165) is 0 Å². The van der Waals surface area contributed by atoms with Crippen LogP contribution in [0.5, 0.6) is 0 Å². The van der Waals surface area contributed by atoms with Crippen molar-refractivity contribution in [2.75, 3.05) is 7.11 Å². The SMILES string of the molecule is C=C/C(C)=C(\C=C)C(=O)NC(CC)C(=O)OC. The van der Waals surface area contributed by atoms with Crippen LogP contribution in [0.15, 0.2) is 36.5 Å².